The van der Waals surface area contributed by atoms with Crippen molar-refractivity contribution in [3.63, 3.8) is 0 Å². The second-order valence-electron chi connectivity index (χ2n) is 2.42. The molecule has 2 aromatic heterocycles. The van der Waals surface area contributed by atoms with Gasteiger partial charge in [0.05, 0.1) is 6.67 Å². The molecule has 0 fully saturated rings. The molecule has 1 radical (unpaired) electrons. The van der Waals surface area contributed by atoms with Gasteiger partial charge in [-0.1, -0.05) is 12.4 Å². The molecule has 2 heterocycles. The van der Waals surface area contributed by atoms with Crippen molar-refractivity contribution in [3.05, 3.63) is 36.7 Å². The fraction of sp³-hybridized carbons (Fsp3) is 0.125. The number of alkyl halides is 1. The van der Waals surface area contributed by atoms with Crippen molar-refractivity contribution >= 4 is 0 Å². The van der Waals surface area contributed by atoms with E-state index in [1.54, 1.807) is 6.20 Å². The van der Waals surface area contributed by atoms with E-state index in [9.17, 15) is 4.39 Å². The molecule has 0 saturated carbocycles. The van der Waals surface area contributed by atoms with Crippen molar-refractivity contribution in [3.8, 4) is 5.69 Å². The quantitative estimate of drug-likeness (QED) is 0.740. The van der Waals surface area contributed by atoms with E-state index in [0.29, 0.717) is 11.3 Å². The van der Waals surface area contributed by atoms with Crippen LogP contribution in [0, 0.1) is 6.07 Å². The van der Waals surface area contributed by atoms with Gasteiger partial charge in [0.2, 0.25) is 0 Å². The van der Waals surface area contributed by atoms with Crippen LogP contribution in [0.3, 0.4) is 0 Å². The van der Waals surface area contributed by atoms with Crippen LogP contribution < -0.4 is 0 Å². The second kappa shape index (κ2) is 4.93. The van der Waals surface area contributed by atoms with Gasteiger partial charge in [0.25, 0.3) is 0 Å². The number of aromatic nitrogens is 4. The molecule has 2 rings (SSSR count). The molecule has 4 nitrogen and oxygen atoms in total. The van der Waals surface area contributed by atoms with Gasteiger partial charge in [0.1, 0.15) is 12.7 Å². The van der Waals surface area contributed by atoms with Gasteiger partial charge in [-0.05, 0) is 5.69 Å². The Morgan fingerprint density at radius 2 is 2.21 bits per heavy atom. The molecule has 0 bridgehead atoms. The molecule has 75 valence electrons. The average molecular weight is 369 g/mol. The van der Waals surface area contributed by atoms with E-state index in [1.807, 2.05) is 0 Å². The first-order valence-electron chi connectivity index (χ1n) is 3.67. The number of rotatable bonds is 2. The summed E-state index contributed by atoms with van der Waals surface area (Å²) in [7, 11) is 0. The van der Waals surface area contributed by atoms with E-state index in [0.717, 1.165) is 0 Å². The molecular weight excluding hydrogens is 363 g/mol. The zero-order chi connectivity index (χ0) is 9.10. The Labute approximate surface area is 93.5 Å². The standard InChI is InChI=1S/C8H6FN4.Ir/c9-2-7-1-8(4-10-3-7)13-6-11-5-12-13;/h3-6H,2H2;/q-1;. The zero-order valence-electron chi connectivity index (χ0n) is 7.02. The van der Waals surface area contributed by atoms with Crippen LogP contribution in [0.2, 0.25) is 0 Å². The van der Waals surface area contributed by atoms with Crippen LogP contribution in [-0.4, -0.2) is 19.7 Å². The molecule has 0 aliphatic carbocycles. The van der Waals surface area contributed by atoms with Crippen LogP contribution in [0.1, 0.15) is 5.56 Å². The van der Waals surface area contributed by atoms with Gasteiger partial charge >= 0.3 is 0 Å². The maximum Gasteiger partial charge on any atom is 0.138 e. The summed E-state index contributed by atoms with van der Waals surface area (Å²) in [5.74, 6) is 0. The van der Waals surface area contributed by atoms with Crippen LogP contribution in [0.5, 0.6) is 0 Å². The Morgan fingerprint density at radius 1 is 1.36 bits per heavy atom. The number of halogens is 1. The van der Waals surface area contributed by atoms with Gasteiger partial charge in [0, 0.05) is 20.1 Å². The van der Waals surface area contributed by atoms with Crippen molar-refractivity contribution in [1.29, 1.82) is 0 Å². The van der Waals surface area contributed by atoms with Gasteiger partial charge in [-0.3, -0.25) is 0 Å². The summed E-state index contributed by atoms with van der Waals surface area (Å²) in [6, 6.07) is 2.82. The Morgan fingerprint density at radius 3 is 2.86 bits per heavy atom. The molecule has 14 heavy (non-hydrogen) atoms. The molecule has 0 spiro atoms. The smallest absolute Gasteiger partial charge is 0.138 e. The van der Waals surface area contributed by atoms with E-state index in [4.69, 9.17) is 0 Å². The van der Waals surface area contributed by atoms with E-state index in [-0.39, 0.29) is 20.1 Å². The van der Waals surface area contributed by atoms with Crippen molar-refractivity contribution in [2.45, 2.75) is 6.67 Å². The minimum Gasteiger partial charge on any atom is -0.388 e. The number of hydrogen-bond acceptors (Lipinski definition) is 3. The first-order valence-corrected chi connectivity index (χ1v) is 3.67. The van der Waals surface area contributed by atoms with Gasteiger partial charge in [-0.2, -0.15) is 5.10 Å². The summed E-state index contributed by atoms with van der Waals surface area (Å²) < 4.78 is 13.7. The Bertz CT molecular complexity index is 390. The predicted octanol–water partition coefficient (Wildman–Crippen LogP) is 0.929. The maximum atomic E-state index is 12.2. The summed E-state index contributed by atoms with van der Waals surface area (Å²) in [6.45, 7) is -0.574. The van der Waals surface area contributed by atoms with Crippen LogP contribution in [-0.2, 0) is 26.8 Å². The fourth-order valence-electron chi connectivity index (χ4n) is 0.944. The minimum absolute atomic E-state index is 0. The third kappa shape index (κ3) is 2.21. The Hall–Kier alpha value is -1.13. The van der Waals surface area contributed by atoms with Crippen LogP contribution in [0.4, 0.5) is 4.39 Å². The summed E-state index contributed by atoms with van der Waals surface area (Å²) in [5.41, 5.74) is 1.00. The van der Waals surface area contributed by atoms with E-state index in [1.165, 1.54) is 23.5 Å². The van der Waals surface area contributed by atoms with Gasteiger partial charge < -0.3 is 4.98 Å². The molecule has 0 unspecified atom stereocenters. The number of pyridine rings is 1. The largest absolute Gasteiger partial charge is 0.388 e. The monoisotopic (exact) mass is 370 g/mol. The fourth-order valence-corrected chi connectivity index (χ4v) is 0.944. The molecule has 0 aliphatic rings. The van der Waals surface area contributed by atoms with Crippen LogP contribution in [0.25, 0.3) is 5.69 Å². The van der Waals surface area contributed by atoms with Crippen molar-refractivity contribution in [2.75, 3.05) is 0 Å². The maximum absolute atomic E-state index is 12.2. The number of nitrogens with zero attached hydrogens (tertiary/aromatic N) is 4. The molecule has 0 aliphatic heterocycles. The predicted molar refractivity (Wildman–Crippen MR) is 42.8 cm³/mol. The SMILES string of the molecule is FCc1[c-]c(-n2cncn2)cnc1.[Ir]. The first-order chi connectivity index (χ1) is 6.40. The molecule has 0 N–H and O–H groups in total. The topological polar surface area (TPSA) is 43.6 Å². The number of hydrogen-bond donors (Lipinski definition) is 0. The van der Waals surface area contributed by atoms with Crippen LogP contribution in [0.15, 0.2) is 25.0 Å². The first kappa shape index (κ1) is 10.9. The molecule has 6 heteroatoms. The molecule has 0 amide bonds. The molecular formula is C8H6FIrN4-. The van der Waals surface area contributed by atoms with E-state index < -0.39 is 6.67 Å². The zero-order valence-corrected chi connectivity index (χ0v) is 9.41. The molecule has 0 saturated heterocycles. The average Bonchev–Trinajstić information content (AvgIpc) is 2.71. The van der Waals surface area contributed by atoms with Crippen molar-refractivity contribution < 1.29 is 24.5 Å². The van der Waals surface area contributed by atoms with Gasteiger partial charge in [-0.25, -0.2) is 14.1 Å². The van der Waals surface area contributed by atoms with Gasteiger partial charge in [-0.15, -0.1) is 11.6 Å². The Balaban J connectivity index is 0.000000980. The summed E-state index contributed by atoms with van der Waals surface area (Å²) >= 11 is 0. The minimum atomic E-state index is -0.574. The van der Waals surface area contributed by atoms with Gasteiger partial charge in [0.15, 0.2) is 0 Å². The molecule has 0 aromatic carbocycles. The molecule has 2 aromatic rings. The Kier molecular flexibility index (Phi) is 3.85. The second-order valence-corrected chi connectivity index (χ2v) is 2.42. The van der Waals surface area contributed by atoms with Crippen molar-refractivity contribution in [1.82, 2.24) is 19.7 Å². The summed E-state index contributed by atoms with van der Waals surface area (Å²) in [4.78, 5) is 7.62. The van der Waals surface area contributed by atoms with E-state index in [2.05, 4.69) is 21.1 Å². The van der Waals surface area contributed by atoms with Crippen molar-refractivity contribution in [2.24, 2.45) is 0 Å². The van der Waals surface area contributed by atoms with Crippen LogP contribution >= 0.6 is 0 Å². The van der Waals surface area contributed by atoms with E-state index >= 15 is 0 Å². The summed E-state index contributed by atoms with van der Waals surface area (Å²) in [6.07, 6.45) is 5.89. The summed E-state index contributed by atoms with van der Waals surface area (Å²) in [5, 5.41) is 3.87. The molecule has 0 atom stereocenters. The third-order valence-electron chi connectivity index (χ3n) is 1.53. The normalized spacial score (nSPS) is 9.50. The third-order valence-corrected chi connectivity index (χ3v) is 1.53.